The number of imidazole rings is 1. The lowest BCUT2D eigenvalue weighted by Crippen LogP contribution is -1.95. The Bertz CT molecular complexity index is 1280. The van der Waals surface area contributed by atoms with Gasteiger partial charge in [0.2, 0.25) is 0 Å². The monoisotopic (exact) mass is 386 g/mol. The maximum absolute atomic E-state index is 11.0. The van der Waals surface area contributed by atoms with E-state index in [9.17, 15) is 15.4 Å². The van der Waals surface area contributed by atoms with Gasteiger partial charge in [-0.2, -0.15) is 5.26 Å². The summed E-state index contributed by atoms with van der Waals surface area (Å²) in [4.78, 5) is 16.9. The molecule has 0 aliphatic heterocycles. The minimum absolute atomic E-state index is 0.0559. The van der Waals surface area contributed by atoms with Crippen LogP contribution in [0.15, 0.2) is 60.7 Å². The van der Waals surface area contributed by atoms with Gasteiger partial charge in [0.25, 0.3) is 5.69 Å². The second-order valence-electron chi connectivity index (χ2n) is 6.16. The fourth-order valence-electron chi connectivity index (χ4n) is 3.03. The first kappa shape index (κ1) is 17.6. The zero-order valence-electron chi connectivity index (χ0n) is 14.9. The molecule has 4 aromatic rings. The van der Waals surface area contributed by atoms with E-state index >= 15 is 0 Å². The first-order chi connectivity index (χ1) is 13.6. The van der Waals surface area contributed by atoms with Gasteiger partial charge >= 0.3 is 0 Å². The molecule has 0 unspecified atom stereocenters. The zero-order chi connectivity index (χ0) is 19.7. The Hall–Kier alpha value is -3.76. The summed E-state index contributed by atoms with van der Waals surface area (Å²) in [6.45, 7) is 0. The number of para-hydroxylation sites is 2. The van der Waals surface area contributed by atoms with Crippen LogP contribution in [0.5, 0.6) is 0 Å². The number of hydrogen-bond donors (Lipinski definition) is 0. The smallest absolute Gasteiger partial charge is 0.270 e. The van der Waals surface area contributed by atoms with Gasteiger partial charge in [-0.05, 0) is 35.9 Å². The average molecular weight is 386 g/mol. The lowest BCUT2D eigenvalue weighted by Gasteiger charge is -2.00. The van der Waals surface area contributed by atoms with Gasteiger partial charge in [-0.1, -0.05) is 24.3 Å². The summed E-state index contributed by atoms with van der Waals surface area (Å²) in [5.74, 6) is 0.606. The van der Waals surface area contributed by atoms with Crippen molar-refractivity contribution in [3.8, 4) is 16.5 Å². The van der Waals surface area contributed by atoms with Crippen molar-refractivity contribution in [3.05, 3.63) is 81.5 Å². The summed E-state index contributed by atoms with van der Waals surface area (Å²) in [6, 6.07) is 20.3. The number of thiophene rings is 1. The first-order valence-electron chi connectivity index (χ1n) is 8.45. The molecular formula is C21H14N4O2S. The predicted octanol–water partition coefficient (Wildman–Crippen LogP) is 5.27. The van der Waals surface area contributed by atoms with Crippen molar-refractivity contribution in [2.24, 2.45) is 7.05 Å². The molecule has 2 aromatic carbocycles. The molecule has 0 bridgehead atoms. The van der Waals surface area contributed by atoms with Crippen LogP contribution in [-0.4, -0.2) is 14.5 Å². The van der Waals surface area contributed by atoms with Gasteiger partial charge in [-0.25, -0.2) is 4.98 Å². The number of aryl methyl sites for hydroxylation is 1. The second-order valence-corrected chi connectivity index (χ2v) is 7.28. The van der Waals surface area contributed by atoms with Crippen molar-refractivity contribution in [1.82, 2.24) is 9.55 Å². The molecule has 0 saturated carbocycles. The van der Waals surface area contributed by atoms with Gasteiger partial charge < -0.3 is 4.57 Å². The van der Waals surface area contributed by atoms with E-state index in [4.69, 9.17) is 0 Å². The van der Waals surface area contributed by atoms with Crippen LogP contribution >= 0.6 is 11.3 Å². The highest BCUT2D eigenvalue weighted by molar-refractivity contribution is 7.16. The molecular weight excluding hydrogens is 372 g/mol. The van der Waals surface area contributed by atoms with E-state index in [0.717, 1.165) is 26.4 Å². The highest BCUT2D eigenvalue weighted by Gasteiger charge is 2.13. The summed E-state index contributed by atoms with van der Waals surface area (Å²) in [5, 5.41) is 20.7. The van der Waals surface area contributed by atoms with E-state index in [0.29, 0.717) is 11.4 Å². The molecule has 0 atom stereocenters. The van der Waals surface area contributed by atoms with Crippen molar-refractivity contribution in [2.75, 3.05) is 0 Å². The molecule has 0 aliphatic carbocycles. The Morgan fingerprint density at radius 1 is 1.21 bits per heavy atom. The lowest BCUT2D eigenvalue weighted by atomic mass is 10.1. The topological polar surface area (TPSA) is 84.8 Å². The highest BCUT2D eigenvalue weighted by atomic mass is 32.1. The molecule has 0 radical (unpaired) electrons. The normalized spacial score (nSPS) is 11.5. The van der Waals surface area contributed by atoms with E-state index in [1.165, 1.54) is 17.4 Å². The van der Waals surface area contributed by atoms with Gasteiger partial charge in [0, 0.05) is 28.9 Å². The Labute approximate surface area is 164 Å². The molecule has 0 N–H and O–H groups in total. The number of non-ortho nitro benzene ring substituents is 1. The summed E-state index contributed by atoms with van der Waals surface area (Å²) in [7, 11) is 1.89. The van der Waals surface area contributed by atoms with Gasteiger partial charge in [-0.3, -0.25) is 10.1 Å². The molecule has 136 valence electrons. The van der Waals surface area contributed by atoms with Gasteiger partial charge in [0.1, 0.15) is 6.07 Å². The predicted molar refractivity (Wildman–Crippen MR) is 111 cm³/mol. The van der Waals surface area contributed by atoms with Crippen molar-refractivity contribution in [2.45, 2.75) is 0 Å². The Morgan fingerprint density at radius 3 is 2.79 bits per heavy atom. The summed E-state index contributed by atoms with van der Waals surface area (Å²) >= 11 is 1.47. The summed E-state index contributed by atoms with van der Waals surface area (Å²) < 4.78 is 1.90. The van der Waals surface area contributed by atoms with E-state index in [1.807, 2.05) is 54.1 Å². The quantitative estimate of drug-likeness (QED) is 0.271. The number of nitro groups is 1. The molecule has 6 nitrogen and oxygen atoms in total. The first-order valence-corrected chi connectivity index (χ1v) is 9.27. The third kappa shape index (κ3) is 3.17. The number of nitriles is 1. The number of allylic oxidation sites excluding steroid dienone is 1. The Morgan fingerprint density at radius 2 is 2.04 bits per heavy atom. The zero-order valence-corrected chi connectivity index (χ0v) is 15.7. The minimum Gasteiger partial charge on any atom is -0.327 e. The number of rotatable bonds is 4. The molecule has 0 fully saturated rings. The molecule has 28 heavy (non-hydrogen) atoms. The van der Waals surface area contributed by atoms with Gasteiger partial charge in [-0.15, -0.1) is 11.3 Å². The van der Waals surface area contributed by atoms with Crippen LogP contribution in [0.3, 0.4) is 0 Å². The van der Waals surface area contributed by atoms with Crippen LogP contribution in [0.25, 0.3) is 33.1 Å². The number of nitrogens with zero attached hydrogens (tertiary/aromatic N) is 4. The van der Waals surface area contributed by atoms with Crippen LogP contribution < -0.4 is 0 Å². The highest BCUT2D eigenvalue weighted by Crippen LogP contribution is 2.32. The molecule has 2 aromatic heterocycles. The van der Waals surface area contributed by atoms with Crippen molar-refractivity contribution < 1.29 is 4.92 Å². The van der Waals surface area contributed by atoms with Crippen LogP contribution in [0.2, 0.25) is 0 Å². The number of hydrogen-bond acceptors (Lipinski definition) is 5. The largest absolute Gasteiger partial charge is 0.327 e. The Kier molecular flexibility index (Phi) is 4.47. The van der Waals surface area contributed by atoms with Crippen LogP contribution in [-0.2, 0) is 7.05 Å². The molecule has 7 heteroatoms. The number of aromatic nitrogens is 2. The third-order valence-electron chi connectivity index (χ3n) is 4.40. The lowest BCUT2D eigenvalue weighted by molar-refractivity contribution is -0.384. The maximum atomic E-state index is 11.0. The molecule has 0 spiro atoms. The van der Waals surface area contributed by atoms with Crippen molar-refractivity contribution >= 4 is 39.7 Å². The van der Waals surface area contributed by atoms with E-state index < -0.39 is 4.92 Å². The van der Waals surface area contributed by atoms with E-state index in [2.05, 4.69) is 11.1 Å². The minimum atomic E-state index is -0.405. The van der Waals surface area contributed by atoms with Crippen molar-refractivity contribution in [3.63, 3.8) is 0 Å². The van der Waals surface area contributed by atoms with Crippen LogP contribution in [0.1, 0.15) is 10.7 Å². The number of fused-ring (bicyclic) bond motifs is 1. The molecule has 4 rings (SSSR count). The fourth-order valence-corrected chi connectivity index (χ4v) is 3.98. The SMILES string of the molecule is Cn1c(/C(C#N)=C/c2ccc(-c3cccc([N+](=O)[O-])c3)s2)nc2ccccc21. The van der Waals surface area contributed by atoms with Crippen LogP contribution in [0.4, 0.5) is 5.69 Å². The molecule has 0 saturated heterocycles. The molecule has 2 heterocycles. The maximum Gasteiger partial charge on any atom is 0.270 e. The van der Waals surface area contributed by atoms with Gasteiger partial charge in [0.05, 0.1) is 21.5 Å². The van der Waals surface area contributed by atoms with Gasteiger partial charge in [0.15, 0.2) is 5.82 Å². The van der Waals surface area contributed by atoms with Crippen molar-refractivity contribution in [1.29, 1.82) is 5.26 Å². The summed E-state index contributed by atoms with van der Waals surface area (Å²) in [6.07, 6.45) is 1.80. The number of benzene rings is 2. The molecule has 0 aliphatic rings. The second kappa shape index (κ2) is 7.10. The third-order valence-corrected chi connectivity index (χ3v) is 5.48. The Balaban J connectivity index is 1.72. The fraction of sp³-hybridized carbons (Fsp3) is 0.0476. The van der Waals surface area contributed by atoms with E-state index in [1.54, 1.807) is 18.2 Å². The molecule has 0 amide bonds. The standard InChI is InChI=1S/C21H14N4O2S/c1-24-19-8-3-2-7-18(19)23-21(24)15(13-22)12-17-9-10-20(28-17)14-5-4-6-16(11-14)25(26)27/h2-12H,1H3/b15-12+. The van der Waals surface area contributed by atoms with E-state index in [-0.39, 0.29) is 5.69 Å². The number of nitro benzene ring substituents is 1. The van der Waals surface area contributed by atoms with Crippen LogP contribution in [0, 0.1) is 21.4 Å². The summed E-state index contributed by atoms with van der Waals surface area (Å²) in [5.41, 5.74) is 3.10. The average Bonchev–Trinajstić information content (AvgIpc) is 3.31.